The summed E-state index contributed by atoms with van der Waals surface area (Å²) in [6, 6.07) is 0. The molecule has 22 heavy (non-hydrogen) atoms. The van der Waals surface area contributed by atoms with Gasteiger partial charge in [-0.1, -0.05) is 34.6 Å². The first kappa shape index (κ1) is 18.4. The van der Waals surface area contributed by atoms with Gasteiger partial charge in [-0.15, -0.1) is 0 Å². The lowest BCUT2D eigenvalue weighted by molar-refractivity contribution is 0.0939. The summed E-state index contributed by atoms with van der Waals surface area (Å²) in [6.45, 7) is 11.8. The maximum atomic E-state index is 12.3. The number of nitrogens with one attached hydrogen (secondary N) is 2. The molecule has 0 atom stereocenters. The zero-order valence-electron chi connectivity index (χ0n) is 14.5. The van der Waals surface area contributed by atoms with Gasteiger partial charge in [-0.25, -0.2) is 4.98 Å². The molecule has 0 fully saturated rings. The van der Waals surface area contributed by atoms with Crippen molar-refractivity contribution in [3.8, 4) is 0 Å². The van der Waals surface area contributed by atoms with Crippen LogP contribution in [-0.4, -0.2) is 28.0 Å². The van der Waals surface area contributed by atoms with Crippen molar-refractivity contribution in [3.05, 3.63) is 27.4 Å². The van der Waals surface area contributed by atoms with Crippen molar-refractivity contribution in [2.24, 2.45) is 5.73 Å². The molecule has 0 saturated heterocycles. The Morgan fingerprint density at radius 3 is 2.23 bits per heavy atom. The number of nitrogens with two attached hydrogens (primary N) is 1. The molecule has 0 bridgehead atoms. The summed E-state index contributed by atoms with van der Waals surface area (Å²) < 4.78 is 0. The van der Waals surface area contributed by atoms with E-state index in [4.69, 9.17) is 5.73 Å². The fourth-order valence-electron chi connectivity index (χ4n) is 2.05. The second-order valence-corrected chi connectivity index (χ2v) is 6.88. The van der Waals surface area contributed by atoms with Crippen molar-refractivity contribution < 1.29 is 4.79 Å². The smallest absolute Gasteiger partial charge is 0.264 e. The number of aromatic amines is 1. The Morgan fingerprint density at radius 1 is 1.27 bits per heavy atom. The summed E-state index contributed by atoms with van der Waals surface area (Å²) in [5, 5.41) is 2.76. The quantitative estimate of drug-likeness (QED) is 0.769. The monoisotopic (exact) mass is 308 g/mol. The van der Waals surface area contributed by atoms with Crippen LogP contribution < -0.4 is 16.6 Å². The first-order valence-corrected chi connectivity index (χ1v) is 7.72. The molecule has 4 N–H and O–H groups in total. The zero-order valence-corrected chi connectivity index (χ0v) is 14.5. The molecule has 0 unspecified atom stereocenters. The van der Waals surface area contributed by atoms with Gasteiger partial charge in [0.25, 0.3) is 11.5 Å². The minimum absolute atomic E-state index is 0.0579. The lowest BCUT2D eigenvalue weighted by Crippen LogP contribution is -2.50. The number of aryl methyl sites for hydroxylation is 1. The van der Waals surface area contributed by atoms with Gasteiger partial charge >= 0.3 is 0 Å². The Morgan fingerprint density at radius 2 is 1.82 bits per heavy atom. The molecular formula is C16H28N4O2. The summed E-state index contributed by atoms with van der Waals surface area (Å²) >= 11 is 0. The van der Waals surface area contributed by atoms with Gasteiger partial charge < -0.3 is 16.0 Å². The van der Waals surface area contributed by atoms with E-state index in [1.54, 1.807) is 6.92 Å². The number of carbonyl (C=O) groups is 1. The lowest BCUT2D eigenvalue weighted by Gasteiger charge is -2.26. The predicted octanol–water partition coefficient (Wildman–Crippen LogP) is 1.62. The number of rotatable bonds is 5. The molecule has 6 nitrogen and oxygen atoms in total. The van der Waals surface area contributed by atoms with Crippen LogP contribution in [-0.2, 0) is 5.41 Å². The highest BCUT2D eigenvalue weighted by Crippen LogP contribution is 2.17. The van der Waals surface area contributed by atoms with Crippen LogP contribution in [0.1, 0.15) is 69.3 Å². The van der Waals surface area contributed by atoms with E-state index in [-0.39, 0.29) is 11.0 Å². The Labute approximate surface area is 131 Å². The molecule has 0 aliphatic rings. The average molecular weight is 308 g/mol. The molecule has 1 aromatic heterocycles. The van der Waals surface area contributed by atoms with Crippen molar-refractivity contribution in [1.82, 2.24) is 15.3 Å². The van der Waals surface area contributed by atoms with Gasteiger partial charge in [-0.05, 0) is 19.8 Å². The fourth-order valence-corrected chi connectivity index (χ4v) is 2.05. The minimum Gasteiger partial charge on any atom is -0.350 e. The van der Waals surface area contributed by atoms with Gasteiger partial charge in [-0.2, -0.15) is 0 Å². The molecule has 0 aromatic carbocycles. The van der Waals surface area contributed by atoms with E-state index in [0.29, 0.717) is 18.1 Å². The number of hydrogen-bond donors (Lipinski definition) is 3. The molecule has 1 amide bonds. The van der Waals surface area contributed by atoms with E-state index in [2.05, 4.69) is 15.3 Å². The van der Waals surface area contributed by atoms with Crippen LogP contribution in [0.15, 0.2) is 4.79 Å². The zero-order chi connectivity index (χ0) is 17.1. The Bertz CT molecular complexity index is 595. The van der Waals surface area contributed by atoms with Crippen molar-refractivity contribution in [2.75, 3.05) is 6.54 Å². The normalized spacial score (nSPS) is 12.3. The Balaban J connectivity index is 3.03. The first-order chi connectivity index (χ1) is 10.0. The molecule has 0 radical (unpaired) electrons. The SMILES string of the molecule is CCC(N)(CC)CNC(=O)c1c(C)nc(C(C)(C)C)[nH]c1=O. The van der Waals surface area contributed by atoms with Crippen LogP contribution in [0.2, 0.25) is 0 Å². The van der Waals surface area contributed by atoms with Crippen LogP contribution in [0.4, 0.5) is 0 Å². The van der Waals surface area contributed by atoms with Gasteiger partial charge in [0.05, 0.1) is 5.69 Å². The summed E-state index contributed by atoms with van der Waals surface area (Å²) in [6.07, 6.45) is 1.50. The van der Waals surface area contributed by atoms with Gasteiger partial charge in [0, 0.05) is 17.5 Å². The third-order valence-corrected chi connectivity index (χ3v) is 4.05. The molecular weight excluding hydrogens is 280 g/mol. The first-order valence-electron chi connectivity index (χ1n) is 7.72. The van der Waals surface area contributed by atoms with Crippen LogP contribution >= 0.6 is 0 Å². The second kappa shape index (κ2) is 6.60. The highest BCUT2D eigenvalue weighted by atomic mass is 16.2. The minimum atomic E-state index is -0.449. The predicted molar refractivity (Wildman–Crippen MR) is 88.1 cm³/mol. The lowest BCUT2D eigenvalue weighted by atomic mass is 9.94. The molecule has 0 aliphatic heterocycles. The van der Waals surface area contributed by atoms with Gasteiger partial charge in [0.1, 0.15) is 11.4 Å². The number of carbonyl (C=O) groups excluding carboxylic acids is 1. The highest BCUT2D eigenvalue weighted by molar-refractivity contribution is 5.94. The van der Waals surface area contributed by atoms with E-state index in [9.17, 15) is 9.59 Å². The Kier molecular flexibility index (Phi) is 5.51. The van der Waals surface area contributed by atoms with Crippen molar-refractivity contribution in [2.45, 2.75) is 65.3 Å². The third kappa shape index (κ3) is 4.16. The largest absolute Gasteiger partial charge is 0.350 e. The Hall–Kier alpha value is -1.69. The average Bonchev–Trinajstić information content (AvgIpc) is 2.43. The van der Waals surface area contributed by atoms with Crippen molar-refractivity contribution in [1.29, 1.82) is 0 Å². The van der Waals surface area contributed by atoms with Crippen molar-refractivity contribution >= 4 is 5.91 Å². The summed E-state index contributed by atoms with van der Waals surface area (Å²) in [4.78, 5) is 31.6. The number of H-pyrrole nitrogens is 1. The molecule has 0 aliphatic carbocycles. The van der Waals surface area contributed by atoms with Gasteiger partial charge in [0.2, 0.25) is 0 Å². The fraction of sp³-hybridized carbons (Fsp3) is 0.688. The third-order valence-electron chi connectivity index (χ3n) is 4.05. The van der Waals surface area contributed by atoms with E-state index in [0.717, 1.165) is 12.8 Å². The van der Waals surface area contributed by atoms with Crippen LogP contribution in [0, 0.1) is 6.92 Å². The topological polar surface area (TPSA) is 101 Å². The molecule has 1 heterocycles. The molecule has 0 saturated carbocycles. The molecule has 6 heteroatoms. The summed E-state index contributed by atoms with van der Waals surface area (Å²) in [7, 11) is 0. The standard InChI is InChI=1S/C16H28N4O2/c1-7-16(17,8-2)9-18-12(21)11-10(3)19-14(15(4,5)6)20-13(11)22/h7-9,17H2,1-6H3,(H,18,21)(H,19,20,22). The van der Waals surface area contributed by atoms with Crippen LogP contribution in [0.3, 0.4) is 0 Å². The van der Waals surface area contributed by atoms with Crippen molar-refractivity contribution in [3.63, 3.8) is 0 Å². The van der Waals surface area contributed by atoms with Crippen LogP contribution in [0.25, 0.3) is 0 Å². The van der Waals surface area contributed by atoms with E-state index < -0.39 is 17.0 Å². The van der Waals surface area contributed by atoms with Crippen LogP contribution in [0.5, 0.6) is 0 Å². The number of aromatic nitrogens is 2. The number of nitrogens with zero attached hydrogens (tertiary/aromatic N) is 1. The van der Waals surface area contributed by atoms with E-state index in [1.807, 2.05) is 34.6 Å². The highest BCUT2D eigenvalue weighted by Gasteiger charge is 2.25. The van der Waals surface area contributed by atoms with E-state index >= 15 is 0 Å². The van der Waals surface area contributed by atoms with Gasteiger partial charge in [-0.3, -0.25) is 9.59 Å². The van der Waals surface area contributed by atoms with E-state index in [1.165, 1.54) is 0 Å². The maximum Gasteiger partial charge on any atom is 0.264 e. The second-order valence-electron chi connectivity index (χ2n) is 6.88. The maximum absolute atomic E-state index is 12.3. The molecule has 1 rings (SSSR count). The number of hydrogen-bond acceptors (Lipinski definition) is 4. The molecule has 124 valence electrons. The van der Waals surface area contributed by atoms with Gasteiger partial charge in [0.15, 0.2) is 0 Å². The molecule has 0 spiro atoms. The summed E-state index contributed by atoms with van der Waals surface area (Å²) in [5.41, 5.74) is 5.51. The summed E-state index contributed by atoms with van der Waals surface area (Å²) in [5.74, 6) is 0.144. The molecule has 1 aromatic rings. The number of amides is 1.